The van der Waals surface area contributed by atoms with Crippen LogP contribution in [0.3, 0.4) is 0 Å². The lowest BCUT2D eigenvalue weighted by Gasteiger charge is -2.17. The van der Waals surface area contributed by atoms with Crippen molar-refractivity contribution in [2.24, 2.45) is 0 Å². The largest absolute Gasteiger partial charge is 0.494 e. The lowest BCUT2D eigenvalue weighted by atomic mass is 9.95. The SMILES string of the molecule is CCOc1cc2c(cc1CNC(=O)[C@@H](CC)c1ccccc1)O[C@@H](C)C2. The molecule has 0 fully saturated rings. The van der Waals surface area contributed by atoms with Crippen molar-refractivity contribution in [1.29, 1.82) is 0 Å². The number of carbonyl (C=O) groups is 1. The molecule has 26 heavy (non-hydrogen) atoms. The highest BCUT2D eigenvalue weighted by Crippen LogP contribution is 2.35. The van der Waals surface area contributed by atoms with Crippen molar-refractivity contribution in [3.05, 3.63) is 59.2 Å². The fourth-order valence-electron chi connectivity index (χ4n) is 3.47. The van der Waals surface area contributed by atoms with Crippen molar-refractivity contribution in [2.45, 2.75) is 52.2 Å². The Labute approximate surface area is 155 Å². The molecule has 1 amide bonds. The van der Waals surface area contributed by atoms with Crippen LogP contribution in [0.25, 0.3) is 0 Å². The van der Waals surface area contributed by atoms with Gasteiger partial charge in [-0.15, -0.1) is 0 Å². The molecule has 0 unspecified atom stereocenters. The third-order valence-corrected chi connectivity index (χ3v) is 4.76. The van der Waals surface area contributed by atoms with E-state index in [-0.39, 0.29) is 17.9 Å². The van der Waals surface area contributed by atoms with E-state index >= 15 is 0 Å². The number of rotatable bonds is 7. The van der Waals surface area contributed by atoms with E-state index in [1.807, 2.05) is 50.2 Å². The van der Waals surface area contributed by atoms with Crippen molar-refractivity contribution < 1.29 is 14.3 Å². The fraction of sp³-hybridized carbons (Fsp3) is 0.409. The van der Waals surface area contributed by atoms with E-state index in [9.17, 15) is 4.79 Å². The van der Waals surface area contributed by atoms with Crippen molar-refractivity contribution in [3.63, 3.8) is 0 Å². The third-order valence-electron chi connectivity index (χ3n) is 4.76. The number of ether oxygens (including phenoxy) is 2. The molecule has 4 nitrogen and oxygen atoms in total. The minimum Gasteiger partial charge on any atom is -0.494 e. The summed E-state index contributed by atoms with van der Waals surface area (Å²) < 4.78 is 11.7. The Kier molecular flexibility index (Phi) is 5.82. The van der Waals surface area contributed by atoms with Gasteiger partial charge in [-0.05, 0) is 38.0 Å². The first-order chi connectivity index (χ1) is 12.6. The molecule has 0 spiro atoms. The van der Waals surface area contributed by atoms with Crippen molar-refractivity contribution in [3.8, 4) is 11.5 Å². The van der Waals surface area contributed by atoms with Crippen LogP contribution >= 0.6 is 0 Å². The molecule has 0 aromatic heterocycles. The summed E-state index contributed by atoms with van der Waals surface area (Å²) >= 11 is 0. The van der Waals surface area contributed by atoms with Gasteiger partial charge in [-0.25, -0.2) is 0 Å². The number of fused-ring (bicyclic) bond motifs is 1. The summed E-state index contributed by atoms with van der Waals surface area (Å²) in [5, 5.41) is 3.08. The van der Waals surface area contributed by atoms with Gasteiger partial charge in [-0.1, -0.05) is 37.3 Å². The molecule has 3 rings (SSSR count). The van der Waals surface area contributed by atoms with E-state index in [4.69, 9.17) is 9.47 Å². The summed E-state index contributed by atoms with van der Waals surface area (Å²) in [4.78, 5) is 12.7. The highest BCUT2D eigenvalue weighted by atomic mass is 16.5. The van der Waals surface area contributed by atoms with Crippen LogP contribution in [0.1, 0.15) is 49.8 Å². The van der Waals surface area contributed by atoms with Gasteiger partial charge in [-0.2, -0.15) is 0 Å². The van der Waals surface area contributed by atoms with E-state index in [1.165, 1.54) is 5.56 Å². The quantitative estimate of drug-likeness (QED) is 0.811. The molecule has 138 valence electrons. The van der Waals surface area contributed by atoms with Gasteiger partial charge >= 0.3 is 0 Å². The highest BCUT2D eigenvalue weighted by Gasteiger charge is 2.23. The van der Waals surface area contributed by atoms with E-state index in [1.54, 1.807) is 0 Å². The molecular weight excluding hydrogens is 326 g/mol. The predicted octanol–water partition coefficient (Wildman–Crippen LogP) is 4.22. The first-order valence-corrected chi connectivity index (χ1v) is 9.40. The number of carbonyl (C=O) groups excluding carboxylic acids is 1. The lowest BCUT2D eigenvalue weighted by molar-refractivity contribution is -0.122. The summed E-state index contributed by atoms with van der Waals surface area (Å²) in [6.45, 7) is 7.10. The van der Waals surface area contributed by atoms with Crippen molar-refractivity contribution in [1.82, 2.24) is 5.32 Å². The zero-order valence-electron chi connectivity index (χ0n) is 15.7. The predicted molar refractivity (Wildman–Crippen MR) is 103 cm³/mol. The minimum atomic E-state index is -0.141. The Morgan fingerprint density at radius 1 is 1.27 bits per heavy atom. The molecule has 0 radical (unpaired) electrons. The Hall–Kier alpha value is -2.49. The normalized spacial score (nSPS) is 16.5. The van der Waals surface area contributed by atoms with Crippen molar-refractivity contribution >= 4 is 5.91 Å². The van der Waals surface area contributed by atoms with Gasteiger partial charge in [0.1, 0.15) is 17.6 Å². The van der Waals surface area contributed by atoms with Crippen LogP contribution in [0, 0.1) is 0 Å². The summed E-state index contributed by atoms with van der Waals surface area (Å²) in [6, 6.07) is 14.0. The molecule has 1 aliphatic heterocycles. The number of hydrogen-bond acceptors (Lipinski definition) is 3. The first kappa shape index (κ1) is 18.3. The molecule has 2 aromatic rings. The van der Waals surface area contributed by atoms with Gasteiger partial charge in [0.15, 0.2) is 0 Å². The van der Waals surface area contributed by atoms with Crippen LogP contribution in [0.2, 0.25) is 0 Å². The standard InChI is InChI=1S/C22H27NO3/c1-4-19(16-9-7-6-8-10-16)22(24)23-14-18-13-21-17(11-15(3)26-21)12-20(18)25-5-2/h6-10,12-13,15,19H,4-5,11,14H2,1-3H3,(H,23,24)/t15-,19-/m0/s1. The molecule has 1 N–H and O–H groups in total. The maximum Gasteiger partial charge on any atom is 0.227 e. The van der Waals surface area contributed by atoms with Gasteiger partial charge in [0.05, 0.1) is 12.5 Å². The summed E-state index contributed by atoms with van der Waals surface area (Å²) in [5.41, 5.74) is 3.17. The molecule has 2 atom stereocenters. The van der Waals surface area contributed by atoms with Crippen LogP contribution in [0.5, 0.6) is 11.5 Å². The monoisotopic (exact) mass is 353 g/mol. The van der Waals surface area contributed by atoms with Gasteiger partial charge in [0, 0.05) is 24.1 Å². The van der Waals surface area contributed by atoms with Gasteiger partial charge in [0.25, 0.3) is 0 Å². The number of benzene rings is 2. The van der Waals surface area contributed by atoms with Crippen molar-refractivity contribution in [2.75, 3.05) is 6.61 Å². The summed E-state index contributed by atoms with van der Waals surface area (Å²) in [5.74, 6) is 1.63. The smallest absolute Gasteiger partial charge is 0.227 e. The average molecular weight is 353 g/mol. The summed E-state index contributed by atoms with van der Waals surface area (Å²) in [7, 11) is 0. The molecule has 1 heterocycles. The van der Waals surface area contributed by atoms with E-state index in [2.05, 4.69) is 18.3 Å². The van der Waals surface area contributed by atoms with E-state index < -0.39 is 0 Å². The molecule has 0 bridgehead atoms. The minimum absolute atomic E-state index is 0.0379. The Bertz CT molecular complexity index is 757. The summed E-state index contributed by atoms with van der Waals surface area (Å²) in [6.07, 6.45) is 1.85. The zero-order valence-corrected chi connectivity index (χ0v) is 15.7. The lowest BCUT2D eigenvalue weighted by Crippen LogP contribution is -2.29. The topological polar surface area (TPSA) is 47.6 Å². The van der Waals surface area contributed by atoms with Crippen LogP contribution < -0.4 is 14.8 Å². The van der Waals surface area contributed by atoms with Gasteiger partial charge < -0.3 is 14.8 Å². The Balaban J connectivity index is 1.74. The molecule has 4 heteroatoms. The molecule has 2 aromatic carbocycles. The first-order valence-electron chi connectivity index (χ1n) is 9.40. The molecular formula is C22H27NO3. The molecule has 1 aliphatic rings. The van der Waals surface area contributed by atoms with Crippen LogP contribution in [-0.2, 0) is 17.8 Å². The molecule has 0 saturated heterocycles. The maximum atomic E-state index is 12.7. The number of nitrogens with one attached hydrogen (secondary N) is 1. The molecule has 0 aliphatic carbocycles. The average Bonchev–Trinajstić information content (AvgIpc) is 3.00. The van der Waals surface area contributed by atoms with Crippen LogP contribution in [0.15, 0.2) is 42.5 Å². The maximum absolute atomic E-state index is 12.7. The van der Waals surface area contributed by atoms with Crippen LogP contribution in [0.4, 0.5) is 0 Å². The Morgan fingerprint density at radius 3 is 2.73 bits per heavy atom. The third kappa shape index (κ3) is 4.01. The van der Waals surface area contributed by atoms with E-state index in [0.29, 0.717) is 13.2 Å². The van der Waals surface area contributed by atoms with Gasteiger partial charge in [-0.3, -0.25) is 4.79 Å². The van der Waals surface area contributed by atoms with Crippen LogP contribution in [-0.4, -0.2) is 18.6 Å². The second-order valence-electron chi connectivity index (χ2n) is 6.72. The van der Waals surface area contributed by atoms with Gasteiger partial charge in [0.2, 0.25) is 5.91 Å². The Morgan fingerprint density at radius 2 is 2.04 bits per heavy atom. The fourth-order valence-corrected chi connectivity index (χ4v) is 3.47. The molecule has 0 saturated carbocycles. The highest BCUT2D eigenvalue weighted by molar-refractivity contribution is 5.83. The van der Waals surface area contributed by atoms with E-state index in [0.717, 1.165) is 35.5 Å². The second kappa shape index (κ2) is 8.26. The second-order valence-corrected chi connectivity index (χ2v) is 6.72. The number of amides is 1. The zero-order chi connectivity index (χ0) is 18.5. The number of hydrogen-bond donors (Lipinski definition) is 1.